The maximum atomic E-state index is 13.2. The van der Waals surface area contributed by atoms with Gasteiger partial charge in [0.1, 0.15) is 6.10 Å². The highest BCUT2D eigenvalue weighted by molar-refractivity contribution is 5.93. The van der Waals surface area contributed by atoms with Crippen molar-refractivity contribution in [2.75, 3.05) is 6.61 Å². The van der Waals surface area contributed by atoms with Gasteiger partial charge in [0, 0.05) is 12.0 Å². The number of allylic oxidation sites excluding steroid dienone is 2. The molecule has 2 fully saturated rings. The molecule has 0 N–H and O–H groups in total. The summed E-state index contributed by atoms with van der Waals surface area (Å²) in [7, 11) is 0. The molecule has 0 spiro atoms. The molecule has 4 atom stereocenters. The van der Waals surface area contributed by atoms with Gasteiger partial charge in [-0.05, 0) is 51.5 Å². The fourth-order valence-corrected chi connectivity index (χ4v) is 4.70. The average Bonchev–Trinajstić information content (AvgIpc) is 2.64. The van der Waals surface area contributed by atoms with Crippen LogP contribution in [0.3, 0.4) is 0 Å². The molecule has 4 nitrogen and oxygen atoms in total. The lowest BCUT2D eigenvalue weighted by Crippen LogP contribution is -2.50. The number of carbonyl (C=O) groups is 2. The van der Waals surface area contributed by atoms with E-state index in [0.29, 0.717) is 12.5 Å². The third-order valence-electron chi connectivity index (χ3n) is 6.15. The van der Waals surface area contributed by atoms with E-state index in [1.807, 2.05) is 13.8 Å². The zero-order chi connectivity index (χ0) is 19.4. The molecular formula is C23H32O4. The van der Waals surface area contributed by atoms with E-state index in [1.165, 1.54) is 19.3 Å². The van der Waals surface area contributed by atoms with Crippen molar-refractivity contribution in [3.63, 3.8) is 0 Å². The van der Waals surface area contributed by atoms with Crippen molar-refractivity contribution in [1.82, 2.24) is 0 Å². The maximum absolute atomic E-state index is 13.2. The molecule has 4 unspecified atom stereocenters. The molecular weight excluding hydrogens is 340 g/mol. The second kappa shape index (κ2) is 9.01. The molecule has 0 radical (unpaired) electrons. The van der Waals surface area contributed by atoms with Crippen molar-refractivity contribution < 1.29 is 19.1 Å². The van der Waals surface area contributed by atoms with Crippen LogP contribution in [0.5, 0.6) is 0 Å². The van der Waals surface area contributed by atoms with Crippen molar-refractivity contribution in [2.45, 2.75) is 71.0 Å². The van der Waals surface area contributed by atoms with Crippen LogP contribution in [-0.4, -0.2) is 30.6 Å². The summed E-state index contributed by atoms with van der Waals surface area (Å²) < 4.78 is 11.7. The van der Waals surface area contributed by atoms with Gasteiger partial charge in [-0.3, -0.25) is 4.79 Å². The molecule has 0 amide bonds. The molecule has 1 heterocycles. The summed E-state index contributed by atoms with van der Waals surface area (Å²) in [6.45, 7) is 8.21. The van der Waals surface area contributed by atoms with Crippen molar-refractivity contribution in [2.24, 2.45) is 17.8 Å². The van der Waals surface area contributed by atoms with Gasteiger partial charge in [-0.1, -0.05) is 43.1 Å². The summed E-state index contributed by atoms with van der Waals surface area (Å²) in [5, 5.41) is 0. The average molecular weight is 373 g/mol. The van der Waals surface area contributed by atoms with E-state index in [9.17, 15) is 9.59 Å². The summed E-state index contributed by atoms with van der Waals surface area (Å²) in [6.07, 6.45) is 12.5. The van der Waals surface area contributed by atoms with Crippen LogP contribution in [0.2, 0.25) is 0 Å². The molecule has 0 saturated heterocycles. The number of hydrogen-bond donors (Lipinski definition) is 0. The molecule has 4 heteroatoms. The monoisotopic (exact) mass is 372 g/mol. The molecule has 0 bridgehead atoms. The van der Waals surface area contributed by atoms with E-state index in [4.69, 9.17) is 9.47 Å². The maximum Gasteiger partial charge on any atom is 0.331 e. The Kier molecular flexibility index (Phi) is 6.69. The van der Waals surface area contributed by atoms with Crippen molar-refractivity contribution >= 4 is 11.8 Å². The second-order valence-electron chi connectivity index (χ2n) is 8.47. The summed E-state index contributed by atoms with van der Waals surface area (Å²) in [5.74, 6) is -0.139. The Morgan fingerprint density at radius 1 is 1.26 bits per heavy atom. The SMILES string of the molecule is C=C(C)COC1CCC2C(C)=CC(=O)OC2C1C(=O)/C=C/C1CCCCC1. The van der Waals surface area contributed by atoms with Crippen LogP contribution in [0.4, 0.5) is 0 Å². The number of ketones is 1. The Morgan fingerprint density at radius 3 is 2.70 bits per heavy atom. The smallest absolute Gasteiger partial charge is 0.331 e. The third-order valence-corrected chi connectivity index (χ3v) is 6.15. The number of ether oxygens (including phenoxy) is 2. The topological polar surface area (TPSA) is 52.6 Å². The first-order valence-electron chi connectivity index (χ1n) is 10.3. The molecule has 0 aromatic rings. The molecule has 0 aromatic carbocycles. The van der Waals surface area contributed by atoms with Gasteiger partial charge in [0.25, 0.3) is 0 Å². The Bertz CT molecular complexity index is 639. The first-order valence-corrected chi connectivity index (χ1v) is 10.3. The van der Waals surface area contributed by atoms with Crippen LogP contribution in [0.15, 0.2) is 36.0 Å². The Morgan fingerprint density at radius 2 is 2.00 bits per heavy atom. The third kappa shape index (κ3) is 4.98. The summed E-state index contributed by atoms with van der Waals surface area (Å²) in [4.78, 5) is 25.2. The molecule has 0 aromatic heterocycles. The molecule has 148 valence electrons. The highest BCUT2D eigenvalue weighted by Crippen LogP contribution is 2.40. The molecule has 3 rings (SSSR count). The van der Waals surface area contributed by atoms with E-state index in [-0.39, 0.29) is 23.8 Å². The van der Waals surface area contributed by atoms with Crippen LogP contribution in [-0.2, 0) is 19.1 Å². The normalized spacial score (nSPS) is 31.9. The van der Waals surface area contributed by atoms with Gasteiger partial charge in [-0.25, -0.2) is 4.79 Å². The van der Waals surface area contributed by atoms with Gasteiger partial charge in [0.15, 0.2) is 5.78 Å². The van der Waals surface area contributed by atoms with Crippen molar-refractivity contribution in [1.29, 1.82) is 0 Å². The van der Waals surface area contributed by atoms with Crippen LogP contribution >= 0.6 is 0 Å². The molecule has 2 saturated carbocycles. The minimum Gasteiger partial charge on any atom is -0.458 e. The summed E-state index contributed by atoms with van der Waals surface area (Å²) in [6, 6.07) is 0. The molecule has 27 heavy (non-hydrogen) atoms. The van der Waals surface area contributed by atoms with Gasteiger partial charge in [0.2, 0.25) is 0 Å². The van der Waals surface area contributed by atoms with Gasteiger partial charge in [0.05, 0.1) is 18.6 Å². The molecule has 1 aliphatic heterocycles. The first-order chi connectivity index (χ1) is 13.0. The van der Waals surface area contributed by atoms with Gasteiger partial charge in [-0.2, -0.15) is 0 Å². The number of hydrogen-bond acceptors (Lipinski definition) is 4. The lowest BCUT2D eigenvalue weighted by Gasteiger charge is -2.43. The largest absolute Gasteiger partial charge is 0.458 e. The van der Waals surface area contributed by atoms with Crippen LogP contribution in [0, 0.1) is 17.8 Å². The van der Waals surface area contributed by atoms with E-state index < -0.39 is 12.0 Å². The number of carbonyl (C=O) groups excluding carboxylic acids is 2. The molecule has 2 aliphatic carbocycles. The van der Waals surface area contributed by atoms with E-state index in [0.717, 1.165) is 36.8 Å². The Balaban J connectivity index is 1.78. The van der Waals surface area contributed by atoms with Crippen molar-refractivity contribution in [3.05, 3.63) is 36.0 Å². The van der Waals surface area contributed by atoms with Gasteiger partial charge < -0.3 is 9.47 Å². The first kappa shape index (κ1) is 20.1. The van der Waals surface area contributed by atoms with Gasteiger partial charge in [-0.15, -0.1) is 0 Å². The lowest BCUT2D eigenvalue weighted by atomic mass is 9.71. The minimum absolute atomic E-state index is 0.0319. The quantitative estimate of drug-likeness (QED) is 0.390. The number of rotatable bonds is 6. The highest BCUT2D eigenvalue weighted by Gasteiger charge is 2.47. The highest BCUT2D eigenvalue weighted by atomic mass is 16.5. The van der Waals surface area contributed by atoms with Gasteiger partial charge >= 0.3 is 5.97 Å². The van der Waals surface area contributed by atoms with Crippen LogP contribution < -0.4 is 0 Å². The van der Waals surface area contributed by atoms with Crippen LogP contribution in [0.1, 0.15) is 58.8 Å². The standard InChI is InChI=1S/C23H32O4/c1-15(2)14-26-20-12-10-18-16(3)13-21(25)27-23(18)22(20)19(24)11-9-17-7-5-4-6-8-17/h9,11,13,17-18,20,22-23H,1,4-8,10,12,14H2,2-3H3/b11-9+. The molecule has 3 aliphatic rings. The lowest BCUT2D eigenvalue weighted by molar-refractivity contribution is -0.164. The van der Waals surface area contributed by atoms with E-state index >= 15 is 0 Å². The van der Waals surface area contributed by atoms with Crippen LogP contribution in [0.25, 0.3) is 0 Å². The fraction of sp³-hybridized carbons (Fsp3) is 0.652. The minimum atomic E-state index is -0.435. The predicted octanol–water partition coefficient (Wildman–Crippen LogP) is 4.55. The summed E-state index contributed by atoms with van der Waals surface area (Å²) >= 11 is 0. The predicted molar refractivity (Wildman–Crippen MR) is 105 cm³/mol. The summed E-state index contributed by atoms with van der Waals surface area (Å²) in [5.41, 5.74) is 1.95. The Hall–Kier alpha value is -1.68. The number of esters is 1. The zero-order valence-electron chi connectivity index (χ0n) is 16.6. The Labute approximate surface area is 162 Å². The van der Waals surface area contributed by atoms with Crippen molar-refractivity contribution in [3.8, 4) is 0 Å². The fourth-order valence-electron chi connectivity index (χ4n) is 4.70. The number of fused-ring (bicyclic) bond motifs is 1. The second-order valence-corrected chi connectivity index (χ2v) is 8.47. The van der Waals surface area contributed by atoms with E-state index in [2.05, 4.69) is 12.7 Å². The van der Waals surface area contributed by atoms with E-state index in [1.54, 1.807) is 12.2 Å². The zero-order valence-corrected chi connectivity index (χ0v) is 16.6.